The molecule has 0 saturated heterocycles. The highest BCUT2D eigenvalue weighted by molar-refractivity contribution is 7.18. The van der Waals surface area contributed by atoms with Crippen LogP contribution in [0.1, 0.15) is 19.3 Å². The Hall–Kier alpha value is -1.86. The van der Waals surface area contributed by atoms with Crippen molar-refractivity contribution in [3.63, 3.8) is 0 Å². The molecule has 2 N–H and O–H groups in total. The van der Waals surface area contributed by atoms with E-state index in [9.17, 15) is 9.90 Å². The number of nitrogens with zero attached hydrogens (tertiary/aromatic N) is 3. The lowest BCUT2D eigenvalue weighted by molar-refractivity contribution is -0.122. The topological polar surface area (TPSA) is 88.0 Å². The van der Waals surface area contributed by atoms with E-state index in [1.54, 1.807) is 6.20 Å². The van der Waals surface area contributed by atoms with E-state index in [2.05, 4.69) is 20.5 Å². The van der Waals surface area contributed by atoms with Crippen molar-refractivity contribution in [3.05, 3.63) is 24.4 Å². The summed E-state index contributed by atoms with van der Waals surface area (Å²) in [5.41, 5.74) is 0.728. The van der Waals surface area contributed by atoms with Crippen LogP contribution in [0.3, 0.4) is 0 Å². The molecule has 3 rings (SSSR count). The molecule has 1 fully saturated rings. The predicted molar refractivity (Wildman–Crippen MR) is 75.1 cm³/mol. The van der Waals surface area contributed by atoms with E-state index >= 15 is 0 Å². The van der Waals surface area contributed by atoms with Crippen LogP contribution in [0.5, 0.6) is 0 Å². The number of aromatic nitrogens is 3. The van der Waals surface area contributed by atoms with E-state index in [4.69, 9.17) is 0 Å². The maximum atomic E-state index is 12.0. The van der Waals surface area contributed by atoms with Crippen molar-refractivity contribution in [2.24, 2.45) is 5.92 Å². The second-order valence-corrected chi connectivity index (χ2v) is 5.70. The normalized spacial score (nSPS) is 21.9. The van der Waals surface area contributed by atoms with Gasteiger partial charge in [-0.05, 0) is 31.4 Å². The highest BCUT2D eigenvalue weighted by Crippen LogP contribution is 2.28. The molecule has 6 nitrogen and oxygen atoms in total. The molecule has 2 aromatic heterocycles. The van der Waals surface area contributed by atoms with Gasteiger partial charge in [0.2, 0.25) is 11.0 Å². The van der Waals surface area contributed by atoms with Crippen LogP contribution in [0, 0.1) is 5.92 Å². The zero-order valence-electron chi connectivity index (χ0n) is 10.7. The van der Waals surface area contributed by atoms with Gasteiger partial charge in [0.25, 0.3) is 0 Å². The smallest absolute Gasteiger partial charge is 0.231 e. The SMILES string of the molecule is O=C(Nc1nnc(-c2ccccn2)s1)C1CCCC1O. The van der Waals surface area contributed by atoms with Crippen molar-refractivity contribution in [1.82, 2.24) is 15.2 Å². The third-order valence-electron chi connectivity index (χ3n) is 3.36. The van der Waals surface area contributed by atoms with Crippen LogP contribution in [-0.2, 0) is 4.79 Å². The molecule has 2 heterocycles. The number of rotatable bonds is 3. The molecule has 2 unspecified atom stereocenters. The fraction of sp³-hybridized carbons (Fsp3) is 0.385. The summed E-state index contributed by atoms with van der Waals surface area (Å²) in [6.07, 6.45) is 3.43. The Bertz CT molecular complexity index is 601. The second kappa shape index (κ2) is 5.64. The summed E-state index contributed by atoms with van der Waals surface area (Å²) in [5.74, 6) is -0.518. The number of hydrogen-bond acceptors (Lipinski definition) is 6. The molecular formula is C13H14N4O2S. The van der Waals surface area contributed by atoms with Crippen LogP contribution in [-0.4, -0.2) is 32.3 Å². The Morgan fingerprint density at radius 1 is 1.35 bits per heavy atom. The fourth-order valence-electron chi connectivity index (χ4n) is 2.31. The highest BCUT2D eigenvalue weighted by atomic mass is 32.1. The molecule has 104 valence electrons. The molecular weight excluding hydrogens is 276 g/mol. The number of carbonyl (C=O) groups is 1. The maximum Gasteiger partial charge on any atom is 0.231 e. The number of carbonyl (C=O) groups excluding carboxylic acids is 1. The Balaban J connectivity index is 1.70. The van der Waals surface area contributed by atoms with Gasteiger partial charge >= 0.3 is 0 Å². The molecule has 0 aromatic carbocycles. The Morgan fingerprint density at radius 2 is 2.25 bits per heavy atom. The van der Waals surface area contributed by atoms with Crippen molar-refractivity contribution in [2.75, 3.05) is 5.32 Å². The molecule has 20 heavy (non-hydrogen) atoms. The van der Waals surface area contributed by atoms with Gasteiger partial charge in [-0.15, -0.1) is 10.2 Å². The van der Waals surface area contributed by atoms with Crippen molar-refractivity contribution in [3.8, 4) is 10.7 Å². The number of hydrogen-bond donors (Lipinski definition) is 2. The molecule has 0 radical (unpaired) electrons. The highest BCUT2D eigenvalue weighted by Gasteiger charge is 2.31. The minimum atomic E-state index is -0.543. The predicted octanol–water partition coefficient (Wildman–Crippen LogP) is 1.70. The largest absolute Gasteiger partial charge is 0.392 e. The van der Waals surface area contributed by atoms with Crippen LogP contribution in [0.25, 0.3) is 10.7 Å². The lowest BCUT2D eigenvalue weighted by Gasteiger charge is -2.12. The average molecular weight is 290 g/mol. The molecule has 0 aliphatic heterocycles. The first-order chi connectivity index (χ1) is 9.74. The number of anilines is 1. The van der Waals surface area contributed by atoms with Crippen LogP contribution in [0.15, 0.2) is 24.4 Å². The summed E-state index contributed by atoms with van der Waals surface area (Å²) < 4.78 is 0. The molecule has 1 amide bonds. The number of pyridine rings is 1. The number of aliphatic hydroxyl groups excluding tert-OH is 1. The Morgan fingerprint density at radius 3 is 2.95 bits per heavy atom. The number of amides is 1. The van der Waals surface area contributed by atoms with Gasteiger partial charge in [0.15, 0.2) is 5.01 Å². The lowest BCUT2D eigenvalue weighted by Crippen LogP contribution is -2.28. The number of nitrogens with one attached hydrogen (secondary N) is 1. The van der Waals surface area contributed by atoms with E-state index in [1.807, 2.05) is 18.2 Å². The van der Waals surface area contributed by atoms with E-state index in [0.29, 0.717) is 16.6 Å². The molecule has 7 heteroatoms. The molecule has 1 saturated carbocycles. The molecule has 1 aliphatic carbocycles. The molecule has 2 atom stereocenters. The van der Waals surface area contributed by atoms with Gasteiger partial charge in [0.05, 0.1) is 12.0 Å². The van der Waals surface area contributed by atoms with Gasteiger partial charge in [-0.1, -0.05) is 17.4 Å². The van der Waals surface area contributed by atoms with Gasteiger partial charge < -0.3 is 10.4 Å². The number of aliphatic hydroxyl groups is 1. The van der Waals surface area contributed by atoms with E-state index in [1.165, 1.54) is 11.3 Å². The van der Waals surface area contributed by atoms with Gasteiger partial charge in [-0.25, -0.2) is 0 Å². The van der Waals surface area contributed by atoms with Gasteiger partial charge in [-0.3, -0.25) is 9.78 Å². The average Bonchev–Trinajstić information content (AvgIpc) is 3.09. The molecule has 1 aliphatic rings. The minimum absolute atomic E-state index is 0.182. The van der Waals surface area contributed by atoms with Crippen molar-refractivity contribution < 1.29 is 9.90 Å². The van der Waals surface area contributed by atoms with E-state index in [-0.39, 0.29) is 11.8 Å². The summed E-state index contributed by atoms with van der Waals surface area (Å²) in [6.45, 7) is 0. The van der Waals surface area contributed by atoms with E-state index in [0.717, 1.165) is 18.5 Å². The monoisotopic (exact) mass is 290 g/mol. The van der Waals surface area contributed by atoms with Gasteiger partial charge in [0, 0.05) is 6.20 Å². The lowest BCUT2D eigenvalue weighted by atomic mass is 10.1. The molecule has 0 bridgehead atoms. The summed E-state index contributed by atoms with van der Waals surface area (Å²) in [6, 6.07) is 5.54. The van der Waals surface area contributed by atoms with Crippen molar-refractivity contribution in [2.45, 2.75) is 25.4 Å². The third kappa shape index (κ3) is 2.68. The van der Waals surface area contributed by atoms with Crippen LogP contribution >= 0.6 is 11.3 Å². The Labute approximate surface area is 119 Å². The van der Waals surface area contributed by atoms with Crippen molar-refractivity contribution >= 4 is 22.4 Å². The quantitative estimate of drug-likeness (QED) is 0.898. The van der Waals surface area contributed by atoms with Crippen molar-refractivity contribution in [1.29, 1.82) is 0 Å². The molecule has 0 spiro atoms. The van der Waals surface area contributed by atoms with Gasteiger partial charge in [-0.2, -0.15) is 0 Å². The Kier molecular flexibility index (Phi) is 3.70. The first-order valence-corrected chi connectivity index (χ1v) is 7.29. The summed E-state index contributed by atoms with van der Waals surface area (Å²) in [7, 11) is 0. The molecule has 2 aromatic rings. The minimum Gasteiger partial charge on any atom is -0.392 e. The summed E-state index contributed by atoms with van der Waals surface area (Å²) in [5, 5.41) is 21.5. The first-order valence-electron chi connectivity index (χ1n) is 6.48. The third-order valence-corrected chi connectivity index (χ3v) is 4.22. The first kappa shape index (κ1) is 13.1. The van der Waals surface area contributed by atoms with Gasteiger partial charge in [0.1, 0.15) is 5.69 Å². The summed E-state index contributed by atoms with van der Waals surface area (Å²) in [4.78, 5) is 16.2. The zero-order chi connectivity index (χ0) is 13.9. The van der Waals surface area contributed by atoms with Crippen LogP contribution < -0.4 is 5.32 Å². The second-order valence-electron chi connectivity index (χ2n) is 4.72. The zero-order valence-corrected chi connectivity index (χ0v) is 11.5. The van der Waals surface area contributed by atoms with E-state index < -0.39 is 6.10 Å². The van der Waals surface area contributed by atoms with Crippen LogP contribution in [0.2, 0.25) is 0 Å². The standard InChI is InChI=1S/C13H14N4O2S/c18-10-6-3-4-8(10)11(19)15-13-17-16-12(20-13)9-5-1-2-7-14-9/h1-2,5,7-8,10,18H,3-4,6H2,(H,15,17,19). The van der Waals surface area contributed by atoms with Crippen LogP contribution in [0.4, 0.5) is 5.13 Å². The summed E-state index contributed by atoms with van der Waals surface area (Å²) >= 11 is 1.28. The maximum absolute atomic E-state index is 12.0. The fourth-order valence-corrected chi connectivity index (χ4v) is 3.03.